The molecule has 0 N–H and O–H groups in total. The number of fused-ring (bicyclic) bond motifs is 1. The van der Waals surface area contributed by atoms with Crippen LogP contribution in [0.5, 0.6) is 0 Å². The van der Waals surface area contributed by atoms with Crippen LogP contribution in [0.3, 0.4) is 0 Å². The third kappa shape index (κ3) is 1.60. The molecule has 0 radical (unpaired) electrons. The Hall–Kier alpha value is -2.03. The molecule has 0 amide bonds. The number of aryl methyl sites for hydroxylation is 2. The van der Waals surface area contributed by atoms with Crippen molar-refractivity contribution in [2.45, 2.75) is 13.1 Å². The van der Waals surface area contributed by atoms with Gasteiger partial charge in [0, 0.05) is 24.3 Å². The van der Waals surface area contributed by atoms with Gasteiger partial charge in [0.15, 0.2) is 0 Å². The van der Waals surface area contributed by atoms with Gasteiger partial charge in [0.05, 0.1) is 18.3 Å². The summed E-state index contributed by atoms with van der Waals surface area (Å²) < 4.78 is 4.21. The van der Waals surface area contributed by atoms with Crippen molar-refractivity contribution < 1.29 is 0 Å². The number of nitrogens with zero attached hydrogens (tertiary/aromatic N) is 3. The highest BCUT2D eigenvalue weighted by Crippen LogP contribution is 2.12. The van der Waals surface area contributed by atoms with E-state index < -0.39 is 0 Å². The number of rotatable bonds is 3. The predicted octanol–water partition coefficient (Wildman–Crippen LogP) is 2.54. The van der Waals surface area contributed by atoms with Crippen molar-refractivity contribution in [3.63, 3.8) is 0 Å². The summed E-state index contributed by atoms with van der Waals surface area (Å²) in [5.41, 5.74) is 1.20. The van der Waals surface area contributed by atoms with E-state index in [1.54, 1.807) is 0 Å². The molecule has 0 unspecified atom stereocenters. The first-order valence-electron chi connectivity index (χ1n) is 5.45. The molecule has 0 aliphatic heterocycles. The van der Waals surface area contributed by atoms with Gasteiger partial charge < -0.3 is 4.57 Å². The average Bonchev–Trinajstić information content (AvgIpc) is 2.96. The second-order valence-electron chi connectivity index (χ2n) is 3.85. The molecule has 0 saturated carbocycles. The van der Waals surface area contributed by atoms with Gasteiger partial charge in [0.2, 0.25) is 0 Å². The van der Waals surface area contributed by atoms with E-state index in [0.717, 1.165) is 13.1 Å². The highest BCUT2D eigenvalue weighted by Gasteiger charge is 2.00. The molecule has 2 aromatic heterocycles. The number of benzene rings is 1. The Morgan fingerprint density at radius 1 is 0.938 bits per heavy atom. The van der Waals surface area contributed by atoms with E-state index in [1.165, 1.54) is 10.9 Å². The monoisotopic (exact) mass is 211 g/mol. The Morgan fingerprint density at radius 2 is 1.75 bits per heavy atom. The molecule has 0 aliphatic rings. The van der Waals surface area contributed by atoms with Crippen molar-refractivity contribution in [2.75, 3.05) is 0 Å². The van der Waals surface area contributed by atoms with Crippen molar-refractivity contribution in [1.29, 1.82) is 0 Å². The molecule has 0 spiro atoms. The summed E-state index contributed by atoms with van der Waals surface area (Å²) in [5.74, 6) is 0. The summed E-state index contributed by atoms with van der Waals surface area (Å²) in [5, 5.41) is 5.60. The molecular formula is C13H13N3. The van der Waals surface area contributed by atoms with Crippen LogP contribution in [-0.4, -0.2) is 14.3 Å². The lowest BCUT2D eigenvalue weighted by Crippen LogP contribution is -2.06. The topological polar surface area (TPSA) is 22.8 Å². The van der Waals surface area contributed by atoms with Gasteiger partial charge in [0.1, 0.15) is 0 Å². The van der Waals surface area contributed by atoms with Gasteiger partial charge in [-0.2, -0.15) is 5.10 Å². The molecule has 0 atom stereocenters. The van der Waals surface area contributed by atoms with Crippen LogP contribution in [0.25, 0.3) is 10.9 Å². The molecule has 80 valence electrons. The summed E-state index contributed by atoms with van der Waals surface area (Å²) in [6.45, 7) is 1.86. The van der Waals surface area contributed by atoms with Gasteiger partial charge >= 0.3 is 0 Å². The molecule has 0 aliphatic carbocycles. The maximum absolute atomic E-state index is 4.40. The average molecular weight is 211 g/mol. The van der Waals surface area contributed by atoms with E-state index in [2.05, 4.69) is 44.9 Å². The molecule has 0 saturated heterocycles. The van der Waals surface area contributed by atoms with Crippen LogP contribution in [-0.2, 0) is 13.1 Å². The molecular weight excluding hydrogens is 198 g/mol. The first-order valence-corrected chi connectivity index (χ1v) is 5.45. The van der Waals surface area contributed by atoms with Gasteiger partial charge in [-0.25, -0.2) is 0 Å². The number of hydrogen-bond donors (Lipinski definition) is 0. The molecule has 16 heavy (non-hydrogen) atoms. The first-order chi connectivity index (χ1) is 7.93. The van der Waals surface area contributed by atoms with Crippen molar-refractivity contribution in [1.82, 2.24) is 14.3 Å². The minimum absolute atomic E-state index is 0.905. The lowest BCUT2D eigenvalue weighted by molar-refractivity contribution is 0.548. The summed E-state index contributed by atoms with van der Waals surface area (Å²) in [6.07, 6.45) is 6.07. The largest absolute Gasteiger partial charge is 0.352 e. The summed E-state index contributed by atoms with van der Waals surface area (Å²) in [6, 6.07) is 12.4. The van der Waals surface area contributed by atoms with E-state index in [-0.39, 0.29) is 0 Å². The van der Waals surface area contributed by atoms with Gasteiger partial charge in [-0.1, -0.05) is 18.2 Å². The highest BCUT2D eigenvalue weighted by molar-refractivity contribution is 5.78. The molecule has 3 heteroatoms. The molecule has 2 heterocycles. The summed E-state index contributed by atoms with van der Waals surface area (Å²) >= 11 is 0. The lowest BCUT2D eigenvalue weighted by Gasteiger charge is -2.04. The van der Waals surface area contributed by atoms with E-state index in [1.807, 2.05) is 24.4 Å². The predicted molar refractivity (Wildman–Crippen MR) is 64.2 cm³/mol. The second-order valence-corrected chi connectivity index (χ2v) is 3.85. The zero-order valence-corrected chi connectivity index (χ0v) is 8.95. The fourth-order valence-electron chi connectivity index (χ4n) is 1.93. The summed E-state index contributed by atoms with van der Waals surface area (Å²) in [4.78, 5) is 0. The quantitative estimate of drug-likeness (QED) is 0.652. The third-order valence-electron chi connectivity index (χ3n) is 2.79. The van der Waals surface area contributed by atoms with Crippen molar-refractivity contribution in [3.05, 3.63) is 55.0 Å². The van der Waals surface area contributed by atoms with E-state index in [0.29, 0.717) is 0 Å². The smallest absolute Gasteiger partial charge is 0.0683 e. The minimum Gasteiger partial charge on any atom is -0.352 e. The first kappa shape index (κ1) is 9.21. The Balaban J connectivity index is 1.84. The van der Waals surface area contributed by atoms with E-state index in [4.69, 9.17) is 0 Å². The molecule has 3 nitrogen and oxygen atoms in total. The van der Waals surface area contributed by atoms with Crippen LogP contribution in [0.15, 0.2) is 55.0 Å². The second kappa shape index (κ2) is 3.85. The number of hydrogen-bond acceptors (Lipinski definition) is 1. The molecule has 0 bridgehead atoms. The van der Waals surface area contributed by atoms with Gasteiger partial charge in [-0.05, 0) is 18.2 Å². The van der Waals surface area contributed by atoms with Crippen LogP contribution in [0.4, 0.5) is 0 Å². The Kier molecular flexibility index (Phi) is 2.22. The van der Waals surface area contributed by atoms with Crippen LogP contribution in [0.1, 0.15) is 0 Å². The van der Waals surface area contributed by atoms with E-state index in [9.17, 15) is 0 Å². The zero-order valence-electron chi connectivity index (χ0n) is 8.95. The summed E-state index contributed by atoms with van der Waals surface area (Å²) in [7, 11) is 0. The standard InChI is InChI=1S/C13H13N3/c1-2-6-13-12(5-1)11-14-16(13)10-9-15-7-3-4-8-15/h1-8,11H,9-10H2. The fraction of sp³-hybridized carbons (Fsp3) is 0.154. The molecule has 1 aromatic carbocycles. The van der Waals surface area contributed by atoms with Crippen molar-refractivity contribution in [3.8, 4) is 0 Å². The van der Waals surface area contributed by atoms with Crippen molar-refractivity contribution >= 4 is 10.9 Å². The Morgan fingerprint density at radius 3 is 2.62 bits per heavy atom. The highest BCUT2D eigenvalue weighted by atomic mass is 15.3. The van der Waals surface area contributed by atoms with Crippen molar-refractivity contribution in [2.24, 2.45) is 0 Å². The number of para-hydroxylation sites is 1. The molecule has 0 fully saturated rings. The lowest BCUT2D eigenvalue weighted by atomic mass is 10.3. The van der Waals surface area contributed by atoms with Crippen LogP contribution in [0, 0.1) is 0 Å². The fourth-order valence-corrected chi connectivity index (χ4v) is 1.93. The maximum Gasteiger partial charge on any atom is 0.0683 e. The van der Waals surface area contributed by atoms with Crippen LogP contribution >= 0.6 is 0 Å². The molecule has 3 rings (SSSR count). The third-order valence-corrected chi connectivity index (χ3v) is 2.79. The van der Waals surface area contributed by atoms with Gasteiger partial charge in [0.25, 0.3) is 0 Å². The Bertz CT molecular complexity index is 578. The van der Waals surface area contributed by atoms with Crippen LogP contribution in [0.2, 0.25) is 0 Å². The van der Waals surface area contributed by atoms with Gasteiger partial charge in [-0.15, -0.1) is 0 Å². The Labute approximate surface area is 93.9 Å². The van der Waals surface area contributed by atoms with Crippen LogP contribution < -0.4 is 0 Å². The maximum atomic E-state index is 4.40. The van der Waals surface area contributed by atoms with Gasteiger partial charge in [-0.3, -0.25) is 4.68 Å². The minimum atomic E-state index is 0.905. The zero-order chi connectivity index (χ0) is 10.8. The molecule has 3 aromatic rings. The number of aromatic nitrogens is 3. The normalized spacial score (nSPS) is 11.0. The van der Waals surface area contributed by atoms with E-state index >= 15 is 0 Å². The SMILES string of the molecule is c1ccc2c(c1)cnn2CCn1cccc1.